The van der Waals surface area contributed by atoms with Crippen molar-refractivity contribution in [1.82, 2.24) is 5.32 Å². The Bertz CT molecular complexity index is 507. The van der Waals surface area contributed by atoms with Gasteiger partial charge in [-0.3, -0.25) is 0 Å². The summed E-state index contributed by atoms with van der Waals surface area (Å²) in [6, 6.07) is 6.28. The molecule has 0 radical (unpaired) electrons. The highest BCUT2D eigenvalue weighted by Gasteiger charge is 2.27. The van der Waals surface area contributed by atoms with Gasteiger partial charge in [0.15, 0.2) is 0 Å². The molecule has 1 aliphatic rings. The van der Waals surface area contributed by atoms with Gasteiger partial charge in [0.2, 0.25) is 0 Å². The highest BCUT2D eigenvalue weighted by atomic mass is 16.5. The summed E-state index contributed by atoms with van der Waals surface area (Å²) in [7, 11) is 1.57. The van der Waals surface area contributed by atoms with Crippen molar-refractivity contribution in [3.8, 4) is 5.75 Å². The monoisotopic (exact) mass is 248 g/mol. The van der Waals surface area contributed by atoms with Crippen molar-refractivity contribution >= 4 is 12.0 Å². The van der Waals surface area contributed by atoms with Gasteiger partial charge in [-0.1, -0.05) is 12.1 Å². The molecule has 0 saturated heterocycles. The molecule has 0 bridgehead atoms. The summed E-state index contributed by atoms with van der Waals surface area (Å²) in [5.41, 5.74) is 5.78. The molecule has 1 unspecified atom stereocenters. The van der Waals surface area contributed by atoms with Gasteiger partial charge in [0.25, 0.3) is 0 Å². The molecule has 1 heterocycles. The quantitative estimate of drug-likeness (QED) is 0.776. The number of hydrogen-bond donors (Lipinski definition) is 2. The first-order chi connectivity index (χ1) is 8.60. The molecule has 1 atom stereocenters. The molecular weight excluding hydrogens is 236 g/mol. The van der Waals surface area contributed by atoms with E-state index in [0.717, 1.165) is 5.56 Å². The standard InChI is InChI=1S/C12H12N2O4/c1-17-8-4-2-7(3-5-8)10-6-9(11(15)18-10)14-12(13)16/h2-6,10H,1H3,(H3,13,14,16). The fourth-order valence-corrected chi connectivity index (χ4v) is 1.62. The van der Waals surface area contributed by atoms with Crippen LogP contribution in [0.15, 0.2) is 36.0 Å². The van der Waals surface area contributed by atoms with Crippen molar-refractivity contribution in [1.29, 1.82) is 0 Å². The summed E-state index contributed by atoms with van der Waals surface area (Å²) < 4.78 is 10.1. The molecule has 1 aromatic rings. The molecule has 6 nitrogen and oxygen atoms in total. The van der Waals surface area contributed by atoms with E-state index in [2.05, 4.69) is 5.32 Å². The van der Waals surface area contributed by atoms with Crippen LogP contribution in [0, 0.1) is 0 Å². The van der Waals surface area contributed by atoms with Crippen molar-refractivity contribution in [2.75, 3.05) is 7.11 Å². The zero-order valence-electron chi connectivity index (χ0n) is 9.67. The maximum Gasteiger partial charge on any atom is 0.355 e. The van der Waals surface area contributed by atoms with Crippen LogP contribution in [-0.2, 0) is 9.53 Å². The van der Waals surface area contributed by atoms with Crippen molar-refractivity contribution in [2.45, 2.75) is 6.10 Å². The minimum absolute atomic E-state index is 0.0586. The van der Waals surface area contributed by atoms with E-state index in [1.54, 1.807) is 31.4 Å². The van der Waals surface area contributed by atoms with Crippen LogP contribution in [0.2, 0.25) is 0 Å². The third-order valence-corrected chi connectivity index (χ3v) is 2.47. The summed E-state index contributed by atoms with van der Waals surface area (Å²) in [6.45, 7) is 0. The van der Waals surface area contributed by atoms with Crippen LogP contribution in [0.1, 0.15) is 11.7 Å². The van der Waals surface area contributed by atoms with Gasteiger partial charge in [-0.2, -0.15) is 0 Å². The Kier molecular flexibility index (Phi) is 3.18. The Hall–Kier alpha value is -2.50. The number of carbonyl (C=O) groups is 2. The van der Waals surface area contributed by atoms with E-state index in [0.29, 0.717) is 5.75 Å². The molecule has 3 N–H and O–H groups in total. The molecule has 6 heteroatoms. The number of nitrogens with two attached hydrogens (primary N) is 1. The average Bonchev–Trinajstić information content (AvgIpc) is 2.70. The topological polar surface area (TPSA) is 90.6 Å². The van der Waals surface area contributed by atoms with E-state index < -0.39 is 18.1 Å². The average molecular weight is 248 g/mol. The lowest BCUT2D eigenvalue weighted by Crippen LogP contribution is -2.30. The van der Waals surface area contributed by atoms with E-state index in [1.165, 1.54) is 6.08 Å². The molecule has 0 aromatic heterocycles. The van der Waals surface area contributed by atoms with Gasteiger partial charge in [0.1, 0.15) is 17.6 Å². The van der Waals surface area contributed by atoms with Crippen molar-refractivity contribution in [3.05, 3.63) is 41.6 Å². The number of carbonyl (C=O) groups excluding carboxylic acids is 2. The van der Waals surface area contributed by atoms with E-state index >= 15 is 0 Å². The molecule has 18 heavy (non-hydrogen) atoms. The number of esters is 1. The number of hydrogen-bond acceptors (Lipinski definition) is 4. The molecule has 2 amide bonds. The minimum atomic E-state index is -0.798. The van der Waals surface area contributed by atoms with E-state index in [9.17, 15) is 9.59 Å². The predicted molar refractivity (Wildman–Crippen MR) is 62.6 cm³/mol. The zero-order valence-corrected chi connectivity index (χ0v) is 9.67. The Labute approximate surface area is 103 Å². The largest absolute Gasteiger partial charge is 0.497 e. The van der Waals surface area contributed by atoms with Gasteiger partial charge in [0, 0.05) is 0 Å². The van der Waals surface area contributed by atoms with Crippen LogP contribution in [0.25, 0.3) is 0 Å². The SMILES string of the molecule is COc1ccc(C2C=C(NC(N)=O)C(=O)O2)cc1. The molecule has 0 aliphatic carbocycles. The van der Waals surface area contributed by atoms with Crippen LogP contribution in [0.3, 0.4) is 0 Å². The molecule has 0 spiro atoms. The normalized spacial score (nSPS) is 17.9. The number of ether oxygens (including phenoxy) is 2. The van der Waals surface area contributed by atoms with E-state index in [4.69, 9.17) is 15.2 Å². The second-order valence-electron chi connectivity index (χ2n) is 3.67. The van der Waals surface area contributed by atoms with Gasteiger partial charge in [-0.25, -0.2) is 9.59 Å². The lowest BCUT2D eigenvalue weighted by Gasteiger charge is -2.08. The van der Waals surface area contributed by atoms with Crippen LogP contribution >= 0.6 is 0 Å². The third kappa shape index (κ3) is 2.42. The first-order valence-electron chi connectivity index (χ1n) is 5.23. The lowest BCUT2D eigenvalue weighted by molar-refractivity contribution is -0.140. The molecule has 1 aromatic carbocycles. The van der Waals surface area contributed by atoms with E-state index in [-0.39, 0.29) is 5.70 Å². The molecule has 94 valence electrons. The number of nitrogens with one attached hydrogen (secondary N) is 1. The fraction of sp³-hybridized carbons (Fsp3) is 0.167. The molecule has 1 aliphatic heterocycles. The Morgan fingerprint density at radius 1 is 1.39 bits per heavy atom. The number of primary amides is 1. The number of methoxy groups -OCH3 is 1. The maximum absolute atomic E-state index is 11.4. The highest BCUT2D eigenvalue weighted by molar-refractivity contribution is 5.95. The van der Waals surface area contributed by atoms with Gasteiger partial charge in [0.05, 0.1) is 7.11 Å². The van der Waals surface area contributed by atoms with Gasteiger partial charge in [-0.05, 0) is 23.8 Å². The van der Waals surface area contributed by atoms with Crippen LogP contribution in [0.5, 0.6) is 5.75 Å². The number of benzene rings is 1. The molecule has 0 fully saturated rings. The molecule has 0 saturated carbocycles. The number of cyclic esters (lactones) is 1. The molecule has 2 rings (SSSR count). The maximum atomic E-state index is 11.4. The summed E-state index contributed by atoms with van der Waals surface area (Å²) in [5, 5.41) is 2.21. The Morgan fingerprint density at radius 3 is 2.61 bits per heavy atom. The molecular formula is C12H12N2O4. The highest BCUT2D eigenvalue weighted by Crippen LogP contribution is 2.27. The lowest BCUT2D eigenvalue weighted by atomic mass is 10.1. The summed E-state index contributed by atoms with van der Waals surface area (Å²) >= 11 is 0. The van der Waals surface area contributed by atoms with Gasteiger partial charge < -0.3 is 20.5 Å². The first kappa shape index (κ1) is 12.0. The summed E-state index contributed by atoms with van der Waals surface area (Å²) in [6.07, 6.45) is 0.986. The van der Waals surface area contributed by atoms with Crippen LogP contribution in [0.4, 0.5) is 4.79 Å². The number of urea groups is 1. The Balaban J connectivity index is 2.17. The summed E-state index contributed by atoms with van der Waals surface area (Å²) in [4.78, 5) is 22.1. The fourth-order valence-electron chi connectivity index (χ4n) is 1.62. The van der Waals surface area contributed by atoms with Gasteiger partial charge >= 0.3 is 12.0 Å². The van der Waals surface area contributed by atoms with Crippen molar-refractivity contribution < 1.29 is 19.1 Å². The number of amides is 2. The van der Waals surface area contributed by atoms with Crippen LogP contribution in [-0.4, -0.2) is 19.1 Å². The van der Waals surface area contributed by atoms with Crippen LogP contribution < -0.4 is 15.8 Å². The summed E-state index contributed by atoms with van der Waals surface area (Å²) in [5.74, 6) is 0.108. The second-order valence-corrected chi connectivity index (χ2v) is 3.67. The second kappa shape index (κ2) is 4.79. The predicted octanol–water partition coefficient (Wildman–Crippen LogP) is 0.845. The minimum Gasteiger partial charge on any atom is -0.497 e. The smallest absolute Gasteiger partial charge is 0.355 e. The zero-order chi connectivity index (χ0) is 13.1. The first-order valence-corrected chi connectivity index (χ1v) is 5.23. The van der Waals surface area contributed by atoms with Crippen molar-refractivity contribution in [2.24, 2.45) is 5.73 Å². The van der Waals surface area contributed by atoms with Gasteiger partial charge in [-0.15, -0.1) is 0 Å². The Morgan fingerprint density at radius 2 is 2.06 bits per heavy atom. The number of rotatable bonds is 3. The third-order valence-electron chi connectivity index (χ3n) is 2.47. The van der Waals surface area contributed by atoms with Crippen molar-refractivity contribution in [3.63, 3.8) is 0 Å². The van der Waals surface area contributed by atoms with E-state index in [1.807, 2.05) is 0 Å².